The number of nitrogens with zero attached hydrogens (tertiary/aromatic N) is 3. The van der Waals surface area contributed by atoms with Crippen LogP contribution in [0, 0.1) is 54.8 Å². The largest absolute Gasteiger partial charge is 0.540 e. The molecule has 8 atom stereocenters. The van der Waals surface area contributed by atoms with Gasteiger partial charge in [-0.2, -0.15) is 0 Å². The first-order valence-corrected chi connectivity index (χ1v) is 18.6. The van der Waals surface area contributed by atoms with Crippen LogP contribution >= 0.6 is 0 Å². The van der Waals surface area contributed by atoms with Crippen LogP contribution in [-0.2, 0) is 39.9 Å². The summed E-state index contributed by atoms with van der Waals surface area (Å²) >= 11 is 0. The molecule has 0 spiro atoms. The van der Waals surface area contributed by atoms with Gasteiger partial charge in [-0.1, -0.05) is 91.3 Å². The number of carbonyl (C=O) groups is 4. The Kier molecular flexibility index (Phi) is 21.2. The van der Waals surface area contributed by atoms with Crippen LogP contribution in [0.15, 0.2) is 42.2 Å². The molecule has 53 heavy (non-hydrogen) atoms. The van der Waals surface area contributed by atoms with Crippen molar-refractivity contribution in [3.63, 3.8) is 0 Å². The maximum Gasteiger partial charge on any atom is 0.250 e. The van der Waals surface area contributed by atoms with E-state index in [1.807, 2.05) is 97.2 Å². The second-order valence-electron chi connectivity index (χ2n) is 15.0. The molecule has 0 aromatic heterocycles. The summed E-state index contributed by atoms with van der Waals surface area (Å²) in [6, 6.07) is 6.37. The van der Waals surface area contributed by atoms with Gasteiger partial charge in [0.25, 0.3) is 0 Å². The molecule has 1 aromatic rings. The van der Waals surface area contributed by atoms with Gasteiger partial charge in [-0.3, -0.25) is 24.1 Å². The molecule has 1 aliphatic rings. The average Bonchev–Trinajstić information content (AvgIpc) is 3.59. The molecule has 2 N–H and O–H groups in total. The molecule has 1 aromatic carbocycles. The fraction of sp³-hybridized carbons (Fsp3) is 0.675. The van der Waals surface area contributed by atoms with E-state index in [1.54, 1.807) is 23.8 Å². The van der Waals surface area contributed by atoms with Crippen LogP contribution in [-0.4, -0.2) is 123 Å². The minimum Gasteiger partial charge on any atom is -0.540 e. The van der Waals surface area contributed by atoms with E-state index in [1.165, 1.54) is 20.3 Å². The van der Waals surface area contributed by atoms with Gasteiger partial charge < -0.3 is 34.7 Å². The first-order chi connectivity index (χ1) is 24.5. The summed E-state index contributed by atoms with van der Waals surface area (Å²) in [6.45, 7) is 13.9. The van der Waals surface area contributed by atoms with Gasteiger partial charge in [0.2, 0.25) is 23.6 Å². The van der Waals surface area contributed by atoms with Gasteiger partial charge in [-0.05, 0) is 56.7 Å². The second kappa shape index (κ2) is 23.3. The summed E-state index contributed by atoms with van der Waals surface area (Å²) in [5.74, 6) is -1.78. The third kappa shape index (κ3) is 13.2. The topological polar surface area (TPSA) is 138 Å². The molecular weight excluding hydrogens is 900 g/mol. The van der Waals surface area contributed by atoms with Crippen molar-refractivity contribution in [1.29, 1.82) is 0 Å². The zero-order valence-electron chi connectivity index (χ0n) is 34.0. The van der Waals surface area contributed by atoms with Gasteiger partial charge in [0.15, 0.2) is 0 Å². The third-order valence-corrected chi connectivity index (χ3v) is 10.3. The van der Waals surface area contributed by atoms with Crippen LogP contribution in [0.3, 0.4) is 0 Å². The predicted molar refractivity (Wildman–Crippen MR) is 203 cm³/mol. The quantitative estimate of drug-likeness (QED) is 0.115. The Labute approximate surface area is 341 Å². The van der Waals surface area contributed by atoms with E-state index in [0.29, 0.717) is 38.0 Å². The molecule has 4 amide bonds. The monoisotopic (exact) mass is 965 g/mol. The molecule has 2 rings (SSSR count). The Morgan fingerprint density at radius 3 is 2.06 bits per heavy atom. The fourth-order valence-corrected chi connectivity index (χ4v) is 7.31. The maximum atomic E-state index is 14.2. The van der Waals surface area contributed by atoms with Gasteiger partial charge >= 0.3 is 0 Å². The van der Waals surface area contributed by atoms with E-state index in [9.17, 15) is 24.0 Å². The van der Waals surface area contributed by atoms with Crippen LogP contribution in [0.25, 0.3) is 0 Å². The number of hydrogen-bond donors (Lipinski definition) is 2. The third-order valence-electron chi connectivity index (χ3n) is 10.3. The van der Waals surface area contributed by atoms with Crippen molar-refractivity contribution < 1.29 is 64.6 Å². The van der Waals surface area contributed by atoms with E-state index in [-0.39, 0.29) is 72.5 Å². The van der Waals surface area contributed by atoms with Crippen LogP contribution < -0.4 is 10.6 Å². The van der Waals surface area contributed by atoms with Crippen molar-refractivity contribution in [3.8, 4) is 0 Å². The molecule has 1 aliphatic heterocycles. The predicted octanol–water partition coefficient (Wildman–Crippen LogP) is 3.60. The zero-order valence-corrected chi connectivity index (χ0v) is 38.1. The van der Waals surface area contributed by atoms with Crippen molar-refractivity contribution in [2.45, 2.75) is 110 Å². The second-order valence-corrected chi connectivity index (χ2v) is 15.0. The van der Waals surface area contributed by atoms with Crippen molar-refractivity contribution >= 4 is 29.9 Å². The average molecular weight is 965 g/mol. The molecule has 0 saturated carbocycles. The van der Waals surface area contributed by atoms with E-state index >= 15 is 0 Å². The van der Waals surface area contributed by atoms with E-state index in [4.69, 9.17) is 9.47 Å². The first-order valence-electron chi connectivity index (χ1n) is 18.6. The molecule has 1 saturated heterocycles. The Morgan fingerprint density at radius 1 is 0.943 bits per heavy atom. The fourth-order valence-electron chi connectivity index (χ4n) is 7.31. The summed E-state index contributed by atoms with van der Waals surface area (Å²) in [5, 5.41) is 5.81. The number of benzene rings is 1. The molecule has 1 heterocycles. The number of methoxy groups -OCH3 is 2. The number of hydrogen-bond acceptors (Lipinski definition) is 8. The van der Waals surface area contributed by atoms with Gasteiger partial charge in [0.05, 0.1) is 37.3 Å². The number of nitrogens with one attached hydrogen (secondary N) is 2. The normalized spacial score (nSPS) is 18.7. The Balaban J connectivity index is 0.0000140. The van der Waals surface area contributed by atoms with Crippen LogP contribution in [0.5, 0.6) is 0 Å². The molecular formula is C40H64N5O7U-. The van der Waals surface area contributed by atoms with Crippen LogP contribution in [0.2, 0.25) is 0 Å². The van der Waals surface area contributed by atoms with Crippen LogP contribution in [0.4, 0.5) is 0 Å². The number of amides is 4. The molecule has 13 heteroatoms. The van der Waals surface area contributed by atoms with Crippen molar-refractivity contribution in [1.82, 2.24) is 25.3 Å². The minimum absolute atomic E-state index is 0. The van der Waals surface area contributed by atoms with E-state index in [2.05, 4.69) is 10.6 Å². The first kappa shape index (κ1) is 48.3. The number of likely N-dealkylation sites (N-methyl/N-ethyl adjacent to an activating group) is 2. The summed E-state index contributed by atoms with van der Waals surface area (Å²) in [7, 11) is 8.38. The van der Waals surface area contributed by atoms with Gasteiger partial charge in [-0.25, -0.2) is 6.29 Å². The van der Waals surface area contributed by atoms with Crippen LogP contribution in [0.1, 0.15) is 73.3 Å². The SMILES string of the molecule is CC[C@H](C)[C@@H](/C(=C/C(=O)N1CCC[C@H]1[C@H](OC)[C@@H](C)C(=O)N[C@H]([C-]=O)Cc1ccccc1)OC)N(C)C(=O)[C@@H](NC(=O)[C@H](C(C)C)N(C)C)C(C)C.[U]. The maximum absolute atomic E-state index is 14.2. The standard InChI is InChI=1S/C40H64N5O7.U/c1-13-27(6)36(44(10)40(50)34(25(2)3)42-39(49)35(26(4)5)43(8)9)32(51-11)23-33(47)45-21-17-20-31(45)37(52-12)28(7)38(48)41-30(24-46)22-29-18-15-14-16-19-29;/h14-16,18-19,23,25-28,30-31,34-37H,13,17,20-22H2,1-12H3,(H,41,48)(H,42,49);/q-1;/b32-23-;/t27-,28+,30-,31-,34-,35-,36-,37+;/m0./s1. The summed E-state index contributed by atoms with van der Waals surface area (Å²) in [4.78, 5) is 71.9. The van der Waals surface area contributed by atoms with Crippen molar-refractivity contribution in [2.24, 2.45) is 23.7 Å². The number of likely N-dealkylation sites (tertiary alicyclic amines) is 1. The van der Waals surface area contributed by atoms with E-state index in [0.717, 1.165) is 5.56 Å². The molecule has 0 unspecified atom stereocenters. The van der Waals surface area contributed by atoms with Gasteiger partial charge in [0.1, 0.15) is 11.8 Å². The molecule has 0 bridgehead atoms. The number of carbonyl (C=O) groups excluding carboxylic acids is 5. The molecule has 296 valence electrons. The van der Waals surface area contributed by atoms with Gasteiger partial charge in [0, 0.05) is 57.9 Å². The number of rotatable bonds is 20. The minimum atomic E-state index is -0.825. The smallest absolute Gasteiger partial charge is 0.250 e. The van der Waals surface area contributed by atoms with Gasteiger partial charge in [-0.15, -0.1) is 0 Å². The summed E-state index contributed by atoms with van der Waals surface area (Å²) in [6.07, 6.45) is 5.08. The summed E-state index contributed by atoms with van der Waals surface area (Å²) in [5.41, 5.74) is 0.900. The summed E-state index contributed by atoms with van der Waals surface area (Å²) < 4.78 is 11.7. The zero-order chi connectivity index (χ0) is 39.3. The molecule has 0 aliphatic carbocycles. The van der Waals surface area contributed by atoms with E-state index < -0.39 is 42.2 Å². The Morgan fingerprint density at radius 2 is 1.57 bits per heavy atom. The Bertz CT molecular complexity index is 1350. The molecule has 0 radical (unpaired) electrons. The van der Waals surface area contributed by atoms with Crippen molar-refractivity contribution in [2.75, 3.05) is 41.9 Å². The van der Waals surface area contributed by atoms with Crippen molar-refractivity contribution in [3.05, 3.63) is 47.7 Å². The number of ether oxygens (including phenoxy) is 2. The molecule has 1 fully saturated rings. The molecule has 12 nitrogen and oxygen atoms in total. The Hall–Kier alpha value is -2.72.